The number of aliphatic hydroxyl groups is 1. The van der Waals surface area contributed by atoms with Gasteiger partial charge in [-0.05, 0) is 19.3 Å². The van der Waals surface area contributed by atoms with Gasteiger partial charge in [0.1, 0.15) is 0 Å². The smallest absolute Gasteiger partial charge is 0.323 e. The van der Waals surface area contributed by atoms with Gasteiger partial charge >= 0.3 is 6.01 Å². The zero-order valence-electron chi connectivity index (χ0n) is 12.2. The highest BCUT2D eigenvalue weighted by Crippen LogP contribution is 2.30. The molecule has 1 heterocycles. The van der Waals surface area contributed by atoms with E-state index in [0.717, 1.165) is 32.1 Å². The highest BCUT2D eigenvalue weighted by Gasteiger charge is 2.33. The van der Waals surface area contributed by atoms with Crippen LogP contribution in [-0.2, 0) is 0 Å². The van der Waals surface area contributed by atoms with Crippen LogP contribution < -0.4 is 15.4 Å². The second-order valence-corrected chi connectivity index (χ2v) is 5.41. The van der Waals surface area contributed by atoms with E-state index in [9.17, 15) is 5.11 Å². The molecule has 0 amide bonds. The SMILES string of the molecule is CCCOc1nc(N)nc(N(C)CC2(O)CCCC2)n1. The van der Waals surface area contributed by atoms with E-state index >= 15 is 0 Å². The molecular weight excluding hydrogens is 258 g/mol. The second-order valence-electron chi connectivity index (χ2n) is 5.41. The molecule has 2 rings (SSSR count). The number of rotatable bonds is 6. The maximum atomic E-state index is 10.4. The highest BCUT2D eigenvalue weighted by atomic mass is 16.5. The Hall–Kier alpha value is -1.63. The zero-order valence-corrected chi connectivity index (χ0v) is 12.2. The van der Waals surface area contributed by atoms with Crippen LogP contribution in [0.5, 0.6) is 6.01 Å². The van der Waals surface area contributed by atoms with Crippen molar-refractivity contribution in [3.8, 4) is 6.01 Å². The Labute approximate surface area is 119 Å². The highest BCUT2D eigenvalue weighted by molar-refractivity contribution is 5.35. The van der Waals surface area contributed by atoms with E-state index in [-0.39, 0.29) is 12.0 Å². The number of aromatic nitrogens is 3. The van der Waals surface area contributed by atoms with Crippen LogP contribution in [0, 0.1) is 0 Å². The molecule has 1 aromatic heterocycles. The van der Waals surface area contributed by atoms with E-state index in [4.69, 9.17) is 10.5 Å². The monoisotopic (exact) mass is 281 g/mol. The van der Waals surface area contributed by atoms with E-state index in [2.05, 4.69) is 15.0 Å². The third-order valence-corrected chi connectivity index (χ3v) is 3.46. The molecule has 0 spiro atoms. The fourth-order valence-corrected chi connectivity index (χ4v) is 2.49. The Morgan fingerprint density at radius 2 is 2.00 bits per heavy atom. The summed E-state index contributed by atoms with van der Waals surface area (Å²) in [5.41, 5.74) is 5.03. The van der Waals surface area contributed by atoms with Crippen LogP contribution in [0.2, 0.25) is 0 Å². The van der Waals surface area contributed by atoms with Gasteiger partial charge in [0.05, 0.1) is 12.2 Å². The van der Waals surface area contributed by atoms with Gasteiger partial charge in [-0.3, -0.25) is 0 Å². The molecule has 0 radical (unpaired) electrons. The van der Waals surface area contributed by atoms with Crippen molar-refractivity contribution >= 4 is 11.9 Å². The first-order valence-corrected chi connectivity index (χ1v) is 7.10. The Kier molecular flexibility index (Phi) is 4.59. The number of nitrogen functional groups attached to an aromatic ring is 1. The average molecular weight is 281 g/mol. The summed E-state index contributed by atoms with van der Waals surface area (Å²) in [6.07, 6.45) is 4.63. The van der Waals surface area contributed by atoms with Crippen LogP contribution in [0.25, 0.3) is 0 Å². The molecule has 1 fully saturated rings. The quantitative estimate of drug-likeness (QED) is 0.802. The van der Waals surface area contributed by atoms with Gasteiger partial charge in [0.15, 0.2) is 0 Å². The van der Waals surface area contributed by atoms with Gasteiger partial charge in [-0.15, -0.1) is 0 Å². The van der Waals surface area contributed by atoms with Crippen LogP contribution >= 0.6 is 0 Å². The molecule has 0 bridgehead atoms. The molecule has 1 saturated carbocycles. The molecule has 0 unspecified atom stereocenters. The summed E-state index contributed by atoms with van der Waals surface area (Å²) in [6, 6.07) is 0.236. The lowest BCUT2D eigenvalue weighted by Crippen LogP contribution is -2.40. The van der Waals surface area contributed by atoms with Crippen LogP contribution in [-0.4, -0.2) is 45.9 Å². The predicted molar refractivity (Wildman–Crippen MR) is 76.7 cm³/mol. The van der Waals surface area contributed by atoms with Gasteiger partial charge in [0, 0.05) is 13.6 Å². The van der Waals surface area contributed by atoms with Crippen molar-refractivity contribution in [3.63, 3.8) is 0 Å². The van der Waals surface area contributed by atoms with Crippen LogP contribution in [0.4, 0.5) is 11.9 Å². The van der Waals surface area contributed by atoms with Crippen LogP contribution in [0.1, 0.15) is 39.0 Å². The number of anilines is 2. The van der Waals surface area contributed by atoms with Crippen LogP contribution in [0.3, 0.4) is 0 Å². The largest absolute Gasteiger partial charge is 0.463 e. The first-order valence-electron chi connectivity index (χ1n) is 7.10. The first kappa shape index (κ1) is 14.8. The number of hydrogen-bond donors (Lipinski definition) is 2. The van der Waals surface area contributed by atoms with Gasteiger partial charge in [-0.1, -0.05) is 19.8 Å². The zero-order chi connectivity index (χ0) is 14.6. The lowest BCUT2D eigenvalue weighted by molar-refractivity contribution is 0.0556. The number of hydrogen-bond acceptors (Lipinski definition) is 7. The molecule has 1 aliphatic carbocycles. The lowest BCUT2D eigenvalue weighted by atomic mass is 10.0. The van der Waals surface area contributed by atoms with Gasteiger partial charge < -0.3 is 20.5 Å². The van der Waals surface area contributed by atoms with Crippen molar-refractivity contribution in [2.75, 3.05) is 30.8 Å². The topological polar surface area (TPSA) is 97.4 Å². The Morgan fingerprint density at radius 3 is 2.65 bits per heavy atom. The minimum absolute atomic E-state index is 0.131. The van der Waals surface area contributed by atoms with Crippen molar-refractivity contribution in [2.45, 2.75) is 44.6 Å². The maximum absolute atomic E-state index is 10.4. The van der Waals surface area contributed by atoms with Gasteiger partial charge in [-0.2, -0.15) is 15.0 Å². The number of likely N-dealkylation sites (N-methyl/N-ethyl adjacent to an activating group) is 1. The third-order valence-electron chi connectivity index (χ3n) is 3.46. The summed E-state index contributed by atoms with van der Waals surface area (Å²) in [6.45, 7) is 3.04. The second kappa shape index (κ2) is 6.21. The van der Waals surface area contributed by atoms with Gasteiger partial charge in [-0.25, -0.2) is 0 Å². The van der Waals surface area contributed by atoms with Crippen molar-refractivity contribution in [3.05, 3.63) is 0 Å². The first-order chi connectivity index (χ1) is 9.52. The molecular formula is C13H23N5O2. The van der Waals surface area contributed by atoms with Crippen molar-refractivity contribution in [1.82, 2.24) is 15.0 Å². The fourth-order valence-electron chi connectivity index (χ4n) is 2.49. The summed E-state index contributed by atoms with van der Waals surface area (Å²) in [7, 11) is 1.84. The number of nitrogens with two attached hydrogens (primary N) is 1. The molecule has 112 valence electrons. The molecule has 3 N–H and O–H groups in total. The predicted octanol–water partition coefficient (Wildman–Crippen LogP) is 0.984. The lowest BCUT2D eigenvalue weighted by Gasteiger charge is -2.28. The minimum atomic E-state index is -0.652. The van der Waals surface area contributed by atoms with Crippen LogP contribution in [0.15, 0.2) is 0 Å². The molecule has 0 aliphatic heterocycles. The Bertz CT molecular complexity index is 448. The van der Waals surface area contributed by atoms with Gasteiger partial charge in [0.25, 0.3) is 0 Å². The normalized spacial score (nSPS) is 17.1. The molecule has 0 saturated heterocycles. The minimum Gasteiger partial charge on any atom is -0.463 e. The summed E-state index contributed by atoms with van der Waals surface area (Å²) in [4.78, 5) is 14.1. The van der Waals surface area contributed by atoms with Crippen molar-refractivity contribution in [2.24, 2.45) is 0 Å². The molecule has 7 nitrogen and oxygen atoms in total. The standard InChI is InChI=1S/C13H23N5O2/c1-3-8-20-12-16-10(14)15-11(17-12)18(2)9-13(19)6-4-5-7-13/h19H,3-9H2,1-2H3,(H2,14,15,16,17). The number of ether oxygens (including phenoxy) is 1. The van der Waals surface area contributed by atoms with E-state index in [1.54, 1.807) is 0 Å². The third kappa shape index (κ3) is 3.69. The summed E-state index contributed by atoms with van der Waals surface area (Å²) in [5.74, 6) is 0.565. The molecule has 7 heteroatoms. The van der Waals surface area contributed by atoms with E-state index in [1.165, 1.54) is 0 Å². The average Bonchev–Trinajstić information content (AvgIpc) is 2.82. The molecule has 1 aromatic rings. The molecule has 20 heavy (non-hydrogen) atoms. The van der Waals surface area contributed by atoms with Crippen molar-refractivity contribution < 1.29 is 9.84 Å². The molecule has 0 aromatic carbocycles. The fraction of sp³-hybridized carbons (Fsp3) is 0.769. The summed E-state index contributed by atoms with van der Waals surface area (Å²) >= 11 is 0. The summed E-state index contributed by atoms with van der Waals surface area (Å²) in [5, 5.41) is 10.4. The Morgan fingerprint density at radius 1 is 1.30 bits per heavy atom. The van der Waals surface area contributed by atoms with E-state index in [0.29, 0.717) is 19.1 Å². The maximum Gasteiger partial charge on any atom is 0.323 e. The molecule has 0 atom stereocenters. The molecule has 1 aliphatic rings. The van der Waals surface area contributed by atoms with Gasteiger partial charge in [0.2, 0.25) is 11.9 Å². The number of nitrogens with zero attached hydrogens (tertiary/aromatic N) is 4. The van der Waals surface area contributed by atoms with E-state index < -0.39 is 5.60 Å². The van der Waals surface area contributed by atoms with Crippen molar-refractivity contribution in [1.29, 1.82) is 0 Å². The Balaban J connectivity index is 2.08. The summed E-state index contributed by atoms with van der Waals surface area (Å²) < 4.78 is 5.39. The van der Waals surface area contributed by atoms with E-state index in [1.807, 2.05) is 18.9 Å².